The van der Waals surface area contributed by atoms with Crippen LogP contribution in [0.2, 0.25) is 0 Å². The zero-order valence-corrected chi connectivity index (χ0v) is 14.0. The van der Waals surface area contributed by atoms with Gasteiger partial charge in [-0.2, -0.15) is 5.10 Å². The lowest BCUT2D eigenvalue weighted by Crippen LogP contribution is -2.32. The predicted molar refractivity (Wildman–Crippen MR) is 93.2 cm³/mol. The number of nitrogens with one attached hydrogen (secondary N) is 2. The lowest BCUT2D eigenvalue weighted by atomic mass is 10.1. The zero-order valence-electron chi connectivity index (χ0n) is 14.0. The molecule has 132 valence electrons. The molecular weight excluding hydrogens is 320 g/mol. The van der Waals surface area contributed by atoms with E-state index in [9.17, 15) is 9.59 Å². The minimum absolute atomic E-state index is 0.0926. The van der Waals surface area contributed by atoms with Crippen molar-refractivity contribution < 1.29 is 14.3 Å². The fourth-order valence-corrected chi connectivity index (χ4v) is 2.75. The lowest BCUT2D eigenvalue weighted by Gasteiger charge is -2.22. The van der Waals surface area contributed by atoms with Crippen LogP contribution in [0.1, 0.15) is 29.6 Å². The van der Waals surface area contributed by atoms with Gasteiger partial charge in [0.25, 0.3) is 5.91 Å². The first kappa shape index (κ1) is 17.2. The summed E-state index contributed by atoms with van der Waals surface area (Å²) < 4.78 is 7.46. The number of carbonyl (C=O) groups excluding carboxylic acids is 2. The molecule has 0 unspecified atom stereocenters. The number of ether oxygens (including phenoxy) is 1. The summed E-state index contributed by atoms with van der Waals surface area (Å²) >= 11 is 0. The van der Waals surface area contributed by atoms with Crippen LogP contribution in [0.15, 0.2) is 42.7 Å². The summed E-state index contributed by atoms with van der Waals surface area (Å²) in [5, 5.41) is 9.56. The van der Waals surface area contributed by atoms with E-state index >= 15 is 0 Å². The highest BCUT2D eigenvalue weighted by molar-refractivity contribution is 5.99. The number of nitrogens with zero attached hydrogens (tertiary/aromatic N) is 2. The van der Waals surface area contributed by atoms with Crippen molar-refractivity contribution in [1.29, 1.82) is 0 Å². The van der Waals surface area contributed by atoms with E-state index in [1.165, 1.54) is 6.42 Å². The van der Waals surface area contributed by atoms with Gasteiger partial charge >= 0.3 is 0 Å². The fourth-order valence-electron chi connectivity index (χ4n) is 2.75. The molecule has 2 N–H and O–H groups in total. The number of carbonyl (C=O) groups is 2. The van der Waals surface area contributed by atoms with Gasteiger partial charge in [-0.15, -0.1) is 0 Å². The molecule has 25 heavy (non-hydrogen) atoms. The topological polar surface area (TPSA) is 85.3 Å². The molecule has 2 amide bonds. The maximum Gasteiger partial charge on any atom is 0.251 e. The molecule has 7 nitrogen and oxygen atoms in total. The molecule has 2 heterocycles. The van der Waals surface area contributed by atoms with Crippen LogP contribution in [0.4, 0.5) is 5.69 Å². The van der Waals surface area contributed by atoms with E-state index in [0.29, 0.717) is 17.8 Å². The average molecular weight is 342 g/mol. The van der Waals surface area contributed by atoms with Gasteiger partial charge in [0, 0.05) is 18.4 Å². The van der Waals surface area contributed by atoms with E-state index in [1.54, 1.807) is 41.3 Å². The Morgan fingerprint density at radius 3 is 2.84 bits per heavy atom. The van der Waals surface area contributed by atoms with Crippen LogP contribution in [0.5, 0.6) is 0 Å². The van der Waals surface area contributed by atoms with E-state index in [0.717, 1.165) is 19.4 Å². The minimum Gasteiger partial charge on any atom is -0.376 e. The molecule has 2 aromatic rings. The molecule has 1 aromatic heterocycles. The normalized spacial score (nSPS) is 17.0. The van der Waals surface area contributed by atoms with Crippen molar-refractivity contribution in [3.05, 3.63) is 48.3 Å². The van der Waals surface area contributed by atoms with Crippen molar-refractivity contribution in [2.24, 2.45) is 0 Å². The van der Waals surface area contributed by atoms with Gasteiger partial charge in [0.2, 0.25) is 5.91 Å². The highest BCUT2D eigenvalue weighted by Gasteiger charge is 2.15. The number of anilines is 1. The van der Waals surface area contributed by atoms with Gasteiger partial charge in [-0.25, -0.2) is 0 Å². The third-order valence-electron chi connectivity index (χ3n) is 4.03. The highest BCUT2D eigenvalue weighted by atomic mass is 16.5. The molecule has 1 fully saturated rings. The Bertz CT molecular complexity index is 708. The van der Waals surface area contributed by atoms with Crippen LogP contribution in [-0.2, 0) is 16.1 Å². The summed E-state index contributed by atoms with van der Waals surface area (Å²) in [7, 11) is 0. The second-order valence-electron chi connectivity index (χ2n) is 6.04. The molecule has 1 aromatic carbocycles. The molecule has 1 aliphatic rings. The Morgan fingerprint density at radius 1 is 1.24 bits per heavy atom. The summed E-state index contributed by atoms with van der Waals surface area (Å²) in [5.74, 6) is -0.571. The van der Waals surface area contributed by atoms with E-state index in [-0.39, 0.29) is 24.5 Å². The number of amides is 2. The second-order valence-corrected chi connectivity index (χ2v) is 6.04. The van der Waals surface area contributed by atoms with Gasteiger partial charge < -0.3 is 15.4 Å². The fraction of sp³-hybridized carbons (Fsp3) is 0.389. The van der Waals surface area contributed by atoms with Crippen LogP contribution in [-0.4, -0.2) is 40.9 Å². The molecule has 0 radical (unpaired) electrons. The molecule has 7 heteroatoms. The molecule has 0 saturated carbocycles. The quantitative estimate of drug-likeness (QED) is 0.838. The molecule has 3 rings (SSSR count). The summed E-state index contributed by atoms with van der Waals surface area (Å²) in [4.78, 5) is 23.9. The zero-order chi connectivity index (χ0) is 17.5. The first-order valence-corrected chi connectivity index (χ1v) is 8.48. The van der Waals surface area contributed by atoms with Crippen LogP contribution in [0, 0.1) is 0 Å². The summed E-state index contributed by atoms with van der Waals surface area (Å²) in [6.45, 7) is 1.39. The van der Waals surface area contributed by atoms with Crippen LogP contribution in [0.3, 0.4) is 0 Å². The summed E-state index contributed by atoms with van der Waals surface area (Å²) in [6.07, 6.45) is 6.88. The van der Waals surface area contributed by atoms with Crippen molar-refractivity contribution in [1.82, 2.24) is 15.1 Å². The monoisotopic (exact) mass is 342 g/mol. The van der Waals surface area contributed by atoms with E-state index in [4.69, 9.17) is 4.74 Å². The maximum absolute atomic E-state index is 12.0. The minimum atomic E-state index is -0.294. The Balaban J connectivity index is 1.44. The van der Waals surface area contributed by atoms with Crippen LogP contribution >= 0.6 is 0 Å². The molecule has 0 bridgehead atoms. The first-order chi connectivity index (χ1) is 12.2. The van der Waals surface area contributed by atoms with Crippen molar-refractivity contribution in [3.63, 3.8) is 0 Å². The van der Waals surface area contributed by atoms with E-state index in [2.05, 4.69) is 15.7 Å². The Morgan fingerprint density at radius 2 is 2.08 bits per heavy atom. The molecule has 1 saturated heterocycles. The van der Waals surface area contributed by atoms with Crippen LogP contribution in [0.25, 0.3) is 0 Å². The van der Waals surface area contributed by atoms with E-state index in [1.807, 2.05) is 6.07 Å². The van der Waals surface area contributed by atoms with Crippen molar-refractivity contribution in [3.8, 4) is 0 Å². The molecule has 1 atom stereocenters. The third kappa shape index (κ3) is 5.15. The van der Waals surface area contributed by atoms with Gasteiger partial charge in [0.05, 0.1) is 31.1 Å². The summed E-state index contributed by atoms with van der Waals surface area (Å²) in [5.41, 5.74) is 1.13. The number of hydrogen-bond acceptors (Lipinski definition) is 4. The molecule has 1 aliphatic heterocycles. The van der Waals surface area contributed by atoms with Gasteiger partial charge in [-0.05, 0) is 31.4 Å². The third-order valence-corrected chi connectivity index (χ3v) is 4.03. The van der Waals surface area contributed by atoms with Gasteiger partial charge in [-0.3, -0.25) is 14.3 Å². The molecule has 0 aliphatic carbocycles. The van der Waals surface area contributed by atoms with Crippen LogP contribution < -0.4 is 10.6 Å². The van der Waals surface area contributed by atoms with Crippen molar-refractivity contribution in [2.75, 3.05) is 18.5 Å². The predicted octanol–water partition coefficient (Wildman–Crippen LogP) is 1.82. The Hall–Kier alpha value is -2.67. The molecular formula is C18H22N4O3. The largest absolute Gasteiger partial charge is 0.376 e. The van der Waals surface area contributed by atoms with Crippen molar-refractivity contribution >= 4 is 17.5 Å². The summed E-state index contributed by atoms with van der Waals surface area (Å²) in [6, 6.07) is 8.79. The highest BCUT2D eigenvalue weighted by Crippen LogP contribution is 2.15. The van der Waals surface area contributed by atoms with Gasteiger partial charge in [0.15, 0.2) is 0 Å². The Kier molecular flexibility index (Phi) is 5.79. The van der Waals surface area contributed by atoms with Crippen molar-refractivity contribution in [2.45, 2.75) is 31.9 Å². The second kappa shape index (κ2) is 8.43. The SMILES string of the molecule is O=C(CNC(=O)c1ccccc1)Nc1cnn(C[C@@H]2CCCCO2)c1. The number of benzene rings is 1. The number of hydrogen-bond donors (Lipinski definition) is 2. The number of aromatic nitrogens is 2. The smallest absolute Gasteiger partial charge is 0.251 e. The van der Waals surface area contributed by atoms with Gasteiger partial charge in [-0.1, -0.05) is 18.2 Å². The van der Waals surface area contributed by atoms with Gasteiger partial charge in [0.1, 0.15) is 0 Å². The first-order valence-electron chi connectivity index (χ1n) is 8.48. The molecule has 0 spiro atoms. The maximum atomic E-state index is 12.0. The Labute approximate surface area is 146 Å². The van der Waals surface area contributed by atoms with E-state index < -0.39 is 0 Å². The average Bonchev–Trinajstić information content (AvgIpc) is 3.08. The standard InChI is InChI=1S/C18H22N4O3/c23-17(11-19-18(24)14-6-2-1-3-7-14)21-15-10-20-22(12-15)13-16-8-4-5-9-25-16/h1-3,6-7,10,12,16H,4-5,8-9,11,13H2,(H,19,24)(H,21,23)/t16-/m0/s1. The number of rotatable bonds is 6. The lowest BCUT2D eigenvalue weighted by molar-refractivity contribution is -0.115.